The number of carbonyl (C=O) groups is 1. The molecule has 2 heterocycles. The van der Waals surface area contributed by atoms with Gasteiger partial charge in [-0.15, -0.1) is 12.4 Å². The number of ether oxygens (including phenoxy) is 1. The molecule has 17 heavy (non-hydrogen) atoms. The van der Waals surface area contributed by atoms with Crippen LogP contribution in [0, 0.1) is 0 Å². The number of carbonyl (C=O) groups excluding carboxylic acids is 1. The molecule has 1 aliphatic heterocycles. The smallest absolute Gasteiger partial charge is 0.354 e. The molecule has 96 valence electrons. The van der Waals surface area contributed by atoms with Gasteiger partial charge in [0.2, 0.25) is 0 Å². The molecule has 1 aromatic rings. The van der Waals surface area contributed by atoms with Crippen LogP contribution in [-0.4, -0.2) is 30.2 Å². The normalized spacial score (nSPS) is 14.5. The first-order valence-corrected chi connectivity index (χ1v) is 5.79. The van der Waals surface area contributed by atoms with Crippen molar-refractivity contribution in [3.63, 3.8) is 0 Å². The van der Waals surface area contributed by atoms with Crippen LogP contribution >= 0.6 is 12.4 Å². The first-order chi connectivity index (χ1) is 7.74. The summed E-state index contributed by atoms with van der Waals surface area (Å²) in [5.41, 5.74) is 3.21. The Hall–Kier alpha value is -1.00. The second-order valence-electron chi connectivity index (χ2n) is 4.03. The zero-order valence-corrected chi connectivity index (χ0v) is 11.1. The van der Waals surface area contributed by atoms with E-state index in [4.69, 9.17) is 4.74 Å². The highest BCUT2D eigenvalue weighted by molar-refractivity contribution is 5.88. The van der Waals surface area contributed by atoms with Gasteiger partial charge >= 0.3 is 5.97 Å². The van der Waals surface area contributed by atoms with Crippen LogP contribution in [0.3, 0.4) is 0 Å². The van der Waals surface area contributed by atoms with Gasteiger partial charge < -0.3 is 14.6 Å². The Labute approximate surface area is 108 Å². The summed E-state index contributed by atoms with van der Waals surface area (Å²) < 4.78 is 7.01. The van der Waals surface area contributed by atoms with Gasteiger partial charge in [-0.3, -0.25) is 0 Å². The molecule has 0 aromatic carbocycles. The number of rotatable bonds is 2. The van der Waals surface area contributed by atoms with E-state index in [2.05, 4.69) is 5.32 Å². The van der Waals surface area contributed by atoms with Gasteiger partial charge in [-0.1, -0.05) is 0 Å². The molecule has 1 aliphatic rings. The van der Waals surface area contributed by atoms with Crippen LogP contribution in [0.5, 0.6) is 0 Å². The molecule has 0 spiro atoms. The topological polar surface area (TPSA) is 43.3 Å². The predicted octanol–water partition coefficient (Wildman–Crippen LogP) is 1.31. The Morgan fingerprint density at radius 1 is 1.47 bits per heavy atom. The Morgan fingerprint density at radius 2 is 2.18 bits per heavy atom. The minimum absolute atomic E-state index is 0. The number of fused-ring (bicyclic) bond motifs is 1. The van der Waals surface area contributed by atoms with E-state index in [0.29, 0.717) is 12.3 Å². The molecule has 2 rings (SSSR count). The fourth-order valence-electron chi connectivity index (χ4n) is 2.21. The summed E-state index contributed by atoms with van der Waals surface area (Å²) in [6.45, 7) is 4.22. The van der Waals surface area contributed by atoms with Crippen LogP contribution in [0.4, 0.5) is 0 Å². The van der Waals surface area contributed by atoms with Crippen molar-refractivity contribution in [3.8, 4) is 0 Å². The van der Waals surface area contributed by atoms with E-state index in [1.807, 2.05) is 24.6 Å². The van der Waals surface area contributed by atoms with Crippen LogP contribution in [0.15, 0.2) is 6.07 Å². The number of halogens is 1. The monoisotopic (exact) mass is 258 g/mol. The third kappa shape index (κ3) is 2.82. The Bertz CT molecular complexity index is 401. The van der Waals surface area contributed by atoms with Crippen molar-refractivity contribution in [1.82, 2.24) is 9.88 Å². The van der Waals surface area contributed by atoms with Gasteiger partial charge in [0, 0.05) is 25.7 Å². The van der Waals surface area contributed by atoms with Crippen molar-refractivity contribution >= 4 is 18.4 Å². The molecule has 0 bridgehead atoms. The van der Waals surface area contributed by atoms with Crippen molar-refractivity contribution in [2.75, 3.05) is 19.7 Å². The molecule has 0 saturated heterocycles. The molecule has 0 fully saturated rings. The largest absolute Gasteiger partial charge is 0.461 e. The number of nitrogens with one attached hydrogen (secondary N) is 1. The lowest BCUT2D eigenvalue weighted by atomic mass is 10.1. The highest BCUT2D eigenvalue weighted by atomic mass is 35.5. The Morgan fingerprint density at radius 3 is 2.88 bits per heavy atom. The van der Waals surface area contributed by atoms with Gasteiger partial charge in [0.1, 0.15) is 5.69 Å². The van der Waals surface area contributed by atoms with E-state index < -0.39 is 0 Å². The third-order valence-electron chi connectivity index (χ3n) is 3.04. The fourth-order valence-corrected chi connectivity index (χ4v) is 2.21. The lowest BCUT2D eigenvalue weighted by Crippen LogP contribution is -2.18. The zero-order chi connectivity index (χ0) is 11.5. The first kappa shape index (κ1) is 14.1. The van der Waals surface area contributed by atoms with E-state index in [1.54, 1.807) is 0 Å². The minimum atomic E-state index is -0.217. The molecule has 0 radical (unpaired) electrons. The molecule has 0 aliphatic carbocycles. The van der Waals surface area contributed by atoms with Gasteiger partial charge in [-0.05, 0) is 31.5 Å². The number of hydrogen-bond donors (Lipinski definition) is 1. The summed E-state index contributed by atoms with van der Waals surface area (Å²) in [5.74, 6) is -0.217. The van der Waals surface area contributed by atoms with Gasteiger partial charge in [0.15, 0.2) is 0 Å². The average molecular weight is 259 g/mol. The van der Waals surface area contributed by atoms with E-state index in [1.165, 1.54) is 11.3 Å². The predicted molar refractivity (Wildman–Crippen MR) is 68.9 cm³/mol. The molecule has 0 atom stereocenters. The molecule has 1 aromatic heterocycles. The van der Waals surface area contributed by atoms with Gasteiger partial charge in [0.05, 0.1) is 6.61 Å². The summed E-state index contributed by atoms with van der Waals surface area (Å²) >= 11 is 0. The maximum absolute atomic E-state index is 11.7. The van der Waals surface area contributed by atoms with E-state index in [-0.39, 0.29) is 18.4 Å². The molecule has 0 saturated carbocycles. The van der Waals surface area contributed by atoms with Crippen LogP contribution in [0.1, 0.15) is 28.7 Å². The Balaban J connectivity index is 0.00000144. The average Bonchev–Trinajstić information content (AvgIpc) is 2.47. The van der Waals surface area contributed by atoms with Crippen LogP contribution < -0.4 is 5.32 Å². The standard InChI is InChI=1S/C12H18N2O2.ClH/c1-3-16-12(15)11-8-9-4-6-13-7-5-10(9)14(11)2;/h8,13H,3-7H2,1-2H3;1H. The number of nitrogens with zero attached hydrogens (tertiary/aromatic N) is 1. The molecule has 5 heteroatoms. The van der Waals surface area contributed by atoms with Crippen LogP contribution in [0.25, 0.3) is 0 Å². The number of esters is 1. The molecular weight excluding hydrogens is 240 g/mol. The van der Waals surface area contributed by atoms with Gasteiger partial charge in [-0.25, -0.2) is 4.79 Å². The first-order valence-electron chi connectivity index (χ1n) is 5.79. The van der Waals surface area contributed by atoms with Crippen LogP contribution in [-0.2, 0) is 24.6 Å². The van der Waals surface area contributed by atoms with Crippen molar-refractivity contribution < 1.29 is 9.53 Å². The summed E-state index contributed by atoms with van der Waals surface area (Å²) in [4.78, 5) is 11.7. The highest BCUT2D eigenvalue weighted by Crippen LogP contribution is 2.18. The maximum Gasteiger partial charge on any atom is 0.354 e. The van der Waals surface area contributed by atoms with Crippen molar-refractivity contribution in [2.45, 2.75) is 19.8 Å². The molecule has 0 unspecified atom stereocenters. The summed E-state index contributed by atoms with van der Waals surface area (Å²) in [6, 6.07) is 1.97. The van der Waals surface area contributed by atoms with E-state index >= 15 is 0 Å². The highest BCUT2D eigenvalue weighted by Gasteiger charge is 2.19. The van der Waals surface area contributed by atoms with E-state index in [0.717, 1.165) is 25.9 Å². The quantitative estimate of drug-likeness (QED) is 0.814. The molecule has 0 amide bonds. The van der Waals surface area contributed by atoms with Gasteiger partial charge in [-0.2, -0.15) is 0 Å². The molecular formula is C12H19ClN2O2. The summed E-state index contributed by atoms with van der Waals surface area (Å²) in [7, 11) is 1.94. The maximum atomic E-state index is 11.7. The van der Waals surface area contributed by atoms with Crippen LogP contribution in [0.2, 0.25) is 0 Å². The minimum Gasteiger partial charge on any atom is -0.461 e. The van der Waals surface area contributed by atoms with Crippen molar-refractivity contribution in [2.24, 2.45) is 7.05 Å². The van der Waals surface area contributed by atoms with Crippen molar-refractivity contribution in [3.05, 3.63) is 23.0 Å². The SMILES string of the molecule is CCOC(=O)c1cc2c(n1C)CCNCC2.Cl. The molecule has 4 nitrogen and oxygen atoms in total. The van der Waals surface area contributed by atoms with Crippen molar-refractivity contribution in [1.29, 1.82) is 0 Å². The second kappa shape index (κ2) is 6.07. The number of aromatic nitrogens is 1. The lowest BCUT2D eigenvalue weighted by Gasteiger charge is -2.06. The summed E-state index contributed by atoms with van der Waals surface area (Å²) in [6.07, 6.45) is 1.97. The molecule has 1 N–H and O–H groups in total. The summed E-state index contributed by atoms with van der Waals surface area (Å²) in [5, 5.41) is 3.35. The fraction of sp³-hybridized carbons (Fsp3) is 0.583. The van der Waals surface area contributed by atoms with Gasteiger partial charge in [0.25, 0.3) is 0 Å². The lowest BCUT2D eigenvalue weighted by molar-refractivity contribution is 0.0515. The second-order valence-corrected chi connectivity index (χ2v) is 4.03. The third-order valence-corrected chi connectivity index (χ3v) is 3.04. The zero-order valence-electron chi connectivity index (χ0n) is 10.3. The number of hydrogen-bond acceptors (Lipinski definition) is 3. The Kier molecular flexibility index (Phi) is 5.02. The van der Waals surface area contributed by atoms with E-state index in [9.17, 15) is 4.79 Å².